The molecule has 36 heavy (non-hydrogen) atoms. The van der Waals surface area contributed by atoms with E-state index >= 15 is 0 Å². The van der Waals surface area contributed by atoms with Crippen molar-refractivity contribution < 1.29 is 19.1 Å². The van der Waals surface area contributed by atoms with E-state index in [0.29, 0.717) is 36.2 Å². The summed E-state index contributed by atoms with van der Waals surface area (Å²) in [5, 5.41) is 2.89. The maximum atomic E-state index is 13.5. The zero-order valence-electron chi connectivity index (χ0n) is 20.9. The van der Waals surface area contributed by atoms with Crippen molar-refractivity contribution in [3.05, 3.63) is 95.1 Å². The number of esters is 1. The maximum Gasteiger partial charge on any atom is 0.320 e. The SMILES string of the molecule is Cc1ccccc1C(=O)Nc1ccc(C(=O)N2CCCC(OC(=O)CN(C)C)c3ccccc32)cc1. The maximum absolute atomic E-state index is 13.5. The summed E-state index contributed by atoms with van der Waals surface area (Å²) < 4.78 is 5.78. The Kier molecular flexibility index (Phi) is 7.80. The molecule has 1 unspecified atom stereocenters. The van der Waals surface area contributed by atoms with Crippen LogP contribution < -0.4 is 10.2 Å². The molecule has 4 rings (SSSR count). The summed E-state index contributed by atoms with van der Waals surface area (Å²) in [4.78, 5) is 42.0. The Morgan fingerprint density at radius 1 is 0.972 bits per heavy atom. The topological polar surface area (TPSA) is 79.0 Å². The van der Waals surface area contributed by atoms with Crippen LogP contribution in [0.15, 0.2) is 72.8 Å². The fraction of sp³-hybridized carbons (Fsp3) is 0.276. The first-order valence-electron chi connectivity index (χ1n) is 12.1. The third-order valence-corrected chi connectivity index (χ3v) is 6.17. The standard InChI is InChI=1S/C29H31N3O4/c1-20-9-4-5-10-23(20)28(34)30-22-16-14-21(15-17-22)29(35)32-18-8-13-26(36-27(33)19-31(2)3)24-11-6-7-12-25(24)32/h4-7,9-12,14-17,26H,8,13,18-19H2,1-3H3,(H,30,34). The van der Waals surface area contributed by atoms with Gasteiger partial charge in [-0.15, -0.1) is 0 Å². The molecule has 1 aliphatic heterocycles. The molecule has 186 valence electrons. The number of benzene rings is 3. The minimum atomic E-state index is -0.398. The molecule has 1 heterocycles. The lowest BCUT2D eigenvalue weighted by Gasteiger charge is -2.24. The normalized spacial score (nSPS) is 15.1. The van der Waals surface area contributed by atoms with Gasteiger partial charge in [-0.3, -0.25) is 19.3 Å². The fourth-order valence-corrected chi connectivity index (χ4v) is 4.38. The largest absolute Gasteiger partial charge is 0.456 e. The van der Waals surface area contributed by atoms with Gasteiger partial charge in [0.2, 0.25) is 0 Å². The molecule has 0 fully saturated rings. The molecule has 7 nitrogen and oxygen atoms in total. The van der Waals surface area contributed by atoms with Crippen LogP contribution in [-0.2, 0) is 9.53 Å². The molecule has 0 spiro atoms. The van der Waals surface area contributed by atoms with E-state index in [0.717, 1.165) is 16.8 Å². The molecule has 0 saturated carbocycles. The van der Waals surface area contributed by atoms with Gasteiger partial charge in [-0.05, 0) is 75.8 Å². The zero-order chi connectivity index (χ0) is 25.7. The number of hydrogen-bond donors (Lipinski definition) is 1. The van der Waals surface area contributed by atoms with Gasteiger partial charge in [-0.1, -0.05) is 36.4 Å². The highest BCUT2D eigenvalue weighted by Crippen LogP contribution is 2.36. The summed E-state index contributed by atoms with van der Waals surface area (Å²) in [5.41, 5.74) is 4.22. The lowest BCUT2D eigenvalue weighted by atomic mass is 10.0. The van der Waals surface area contributed by atoms with Crippen molar-refractivity contribution in [1.82, 2.24) is 4.90 Å². The first kappa shape index (κ1) is 25.1. The minimum Gasteiger partial charge on any atom is -0.456 e. The molecule has 2 amide bonds. The van der Waals surface area contributed by atoms with Crippen LogP contribution in [0.25, 0.3) is 0 Å². The number of hydrogen-bond acceptors (Lipinski definition) is 5. The van der Waals surface area contributed by atoms with Gasteiger partial charge in [0.05, 0.1) is 12.2 Å². The molecular formula is C29H31N3O4. The van der Waals surface area contributed by atoms with Crippen molar-refractivity contribution in [1.29, 1.82) is 0 Å². The first-order chi connectivity index (χ1) is 17.3. The van der Waals surface area contributed by atoms with Crippen LogP contribution in [-0.4, -0.2) is 49.9 Å². The Morgan fingerprint density at radius 3 is 2.39 bits per heavy atom. The molecule has 1 aliphatic rings. The van der Waals surface area contributed by atoms with Crippen molar-refractivity contribution in [2.45, 2.75) is 25.9 Å². The summed E-state index contributed by atoms with van der Waals surface area (Å²) in [5.74, 6) is -0.620. The van der Waals surface area contributed by atoms with Crippen molar-refractivity contribution in [2.75, 3.05) is 37.4 Å². The van der Waals surface area contributed by atoms with Gasteiger partial charge in [-0.2, -0.15) is 0 Å². The van der Waals surface area contributed by atoms with Crippen molar-refractivity contribution in [3.63, 3.8) is 0 Å². The molecule has 0 aliphatic carbocycles. The number of nitrogens with one attached hydrogen (secondary N) is 1. The van der Waals surface area contributed by atoms with Crippen LogP contribution in [0, 0.1) is 6.92 Å². The Morgan fingerprint density at radius 2 is 1.67 bits per heavy atom. The Balaban J connectivity index is 1.51. The van der Waals surface area contributed by atoms with Gasteiger partial charge in [0.15, 0.2) is 0 Å². The summed E-state index contributed by atoms with van der Waals surface area (Å²) >= 11 is 0. The van der Waals surface area contributed by atoms with E-state index in [1.54, 1.807) is 40.1 Å². The second kappa shape index (κ2) is 11.2. The Labute approximate surface area is 211 Å². The van der Waals surface area contributed by atoms with Crippen LogP contribution in [0.3, 0.4) is 0 Å². The second-order valence-corrected chi connectivity index (χ2v) is 9.22. The second-order valence-electron chi connectivity index (χ2n) is 9.22. The van der Waals surface area contributed by atoms with Crippen LogP contribution in [0.5, 0.6) is 0 Å². The molecular weight excluding hydrogens is 454 g/mol. The average molecular weight is 486 g/mol. The number of aryl methyl sites for hydroxylation is 1. The lowest BCUT2D eigenvalue weighted by Crippen LogP contribution is -2.31. The molecule has 0 bridgehead atoms. The summed E-state index contributed by atoms with van der Waals surface area (Å²) in [7, 11) is 3.64. The molecule has 3 aromatic rings. The number of fused-ring (bicyclic) bond motifs is 1. The van der Waals surface area contributed by atoms with Crippen molar-refractivity contribution >= 4 is 29.2 Å². The molecule has 0 aromatic heterocycles. The first-order valence-corrected chi connectivity index (χ1v) is 12.1. The lowest BCUT2D eigenvalue weighted by molar-refractivity contribution is -0.150. The molecule has 3 aromatic carbocycles. The van der Waals surface area contributed by atoms with E-state index in [9.17, 15) is 14.4 Å². The van der Waals surface area contributed by atoms with Gasteiger partial charge in [0.25, 0.3) is 11.8 Å². The van der Waals surface area contributed by atoms with Gasteiger partial charge < -0.3 is 15.0 Å². The number of likely N-dealkylation sites (N-methyl/N-ethyl adjacent to an activating group) is 1. The van der Waals surface area contributed by atoms with Gasteiger partial charge >= 0.3 is 5.97 Å². The summed E-state index contributed by atoms with van der Waals surface area (Å²) in [6, 6.07) is 21.9. The smallest absolute Gasteiger partial charge is 0.320 e. The van der Waals surface area contributed by atoms with E-state index in [1.165, 1.54) is 0 Å². The van der Waals surface area contributed by atoms with Crippen LogP contribution in [0.1, 0.15) is 50.8 Å². The number of nitrogens with zero attached hydrogens (tertiary/aromatic N) is 2. The van der Waals surface area contributed by atoms with Crippen LogP contribution in [0.4, 0.5) is 11.4 Å². The number of rotatable bonds is 6. The van der Waals surface area contributed by atoms with E-state index in [1.807, 2.05) is 63.5 Å². The highest BCUT2D eigenvalue weighted by atomic mass is 16.5. The van der Waals surface area contributed by atoms with E-state index in [2.05, 4.69) is 5.32 Å². The van der Waals surface area contributed by atoms with Gasteiger partial charge in [0, 0.05) is 28.9 Å². The number of amides is 2. The predicted octanol–water partition coefficient (Wildman–Crippen LogP) is 4.83. The van der Waals surface area contributed by atoms with Gasteiger partial charge in [-0.25, -0.2) is 0 Å². The van der Waals surface area contributed by atoms with Crippen LogP contribution in [0.2, 0.25) is 0 Å². The fourth-order valence-electron chi connectivity index (χ4n) is 4.38. The van der Waals surface area contributed by atoms with Gasteiger partial charge in [0.1, 0.15) is 6.10 Å². The number of carbonyl (C=O) groups is 3. The van der Waals surface area contributed by atoms with Crippen molar-refractivity contribution in [3.8, 4) is 0 Å². The number of carbonyl (C=O) groups excluding carboxylic acids is 3. The van der Waals surface area contributed by atoms with E-state index < -0.39 is 6.10 Å². The third-order valence-electron chi connectivity index (χ3n) is 6.17. The molecule has 7 heteroatoms. The van der Waals surface area contributed by atoms with Crippen LogP contribution >= 0.6 is 0 Å². The predicted molar refractivity (Wildman–Crippen MR) is 140 cm³/mol. The Hall–Kier alpha value is -3.97. The third kappa shape index (κ3) is 5.80. The van der Waals surface area contributed by atoms with E-state index in [4.69, 9.17) is 4.74 Å². The molecule has 1 N–H and O–H groups in total. The highest BCUT2D eigenvalue weighted by molar-refractivity contribution is 6.08. The molecule has 0 saturated heterocycles. The number of para-hydroxylation sites is 1. The number of anilines is 2. The minimum absolute atomic E-state index is 0.139. The van der Waals surface area contributed by atoms with E-state index in [-0.39, 0.29) is 24.3 Å². The number of ether oxygens (including phenoxy) is 1. The average Bonchev–Trinajstić information content (AvgIpc) is 3.03. The molecule has 1 atom stereocenters. The summed E-state index contributed by atoms with van der Waals surface area (Å²) in [6.07, 6.45) is 0.944. The zero-order valence-corrected chi connectivity index (χ0v) is 20.9. The Bertz CT molecular complexity index is 1250. The molecule has 0 radical (unpaired) electrons. The highest BCUT2D eigenvalue weighted by Gasteiger charge is 2.29. The van der Waals surface area contributed by atoms with Crippen molar-refractivity contribution in [2.24, 2.45) is 0 Å². The quantitative estimate of drug-likeness (QED) is 0.506. The summed E-state index contributed by atoms with van der Waals surface area (Å²) in [6.45, 7) is 2.61. The monoisotopic (exact) mass is 485 g/mol.